The van der Waals surface area contributed by atoms with Gasteiger partial charge in [0.25, 0.3) is 0 Å². The summed E-state index contributed by atoms with van der Waals surface area (Å²) in [6.07, 6.45) is 1.66. The normalized spacial score (nSPS) is 10.4. The molecule has 0 spiro atoms. The highest BCUT2D eigenvalue weighted by Crippen LogP contribution is 2.30. The Hall–Kier alpha value is -0.600. The van der Waals surface area contributed by atoms with Crippen LogP contribution in [0.25, 0.3) is 15.5 Å². The fourth-order valence-electron chi connectivity index (χ4n) is 0.896. The average Bonchev–Trinajstić information content (AvgIpc) is 2.44. The van der Waals surface area contributed by atoms with Crippen molar-refractivity contribution in [1.29, 1.82) is 0 Å². The molecule has 2 rings (SSSR count). The molecule has 0 unspecified atom stereocenters. The highest BCUT2D eigenvalue weighted by molar-refractivity contribution is 7.26. The summed E-state index contributed by atoms with van der Waals surface area (Å²) in [5.74, 6) is 0. The summed E-state index contributed by atoms with van der Waals surface area (Å²) in [5, 5.41) is 4.18. The lowest BCUT2D eigenvalue weighted by Gasteiger charge is -1.78. The van der Waals surface area contributed by atoms with E-state index in [1.54, 1.807) is 28.7 Å². The topological polar surface area (TPSA) is 0 Å². The maximum atomic E-state index is 5.41. The molecule has 10 heavy (non-hydrogen) atoms. The van der Waals surface area contributed by atoms with Gasteiger partial charge in [-0.1, -0.05) is 12.7 Å². The third-order valence-corrected chi connectivity index (χ3v) is 3.44. The van der Waals surface area contributed by atoms with Crippen molar-refractivity contribution < 1.29 is 0 Å². The van der Waals surface area contributed by atoms with Crippen LogP contribution in [0, 0.1) is 6.58 Å². The van der Waals surface area contributed by atoms with E-state index in [4.69, 9.17) is 6.58 Å². The Labute approximate surface area is 67.4 Å². The molecule has 0 aliphatic rings. The number of hydrogen-bond acceptors (Lipinski definition) is 2. The molecule has 0 aliphatic carbocycles. The van der Waals surface area contributed by atoms with Crippen LogP contribution in [0.1, 0.15) is 5.56 Å². The monoisotopic (exact) mass is 165 g/mol. The van der Waals surface area contributed by atoms with Gasteiger partial charge in [-0.3, -0.25) is 0 Å². The predicted octanol–water partition coefficient (Wildman–Crippen LogP) is 3.41. The van der Waals surface area contributed by atoms with Gasteiger partial charge in [0.15, 0.2) is 0 Å². The molecule has 2 aromatic rings. The molecular weight excluding hydrogens is 160 g/mol. The maximum Gasteiger partial charge on any atom is 0.0522 e. The summed E-state index contributed by atoms with van der Waals surface area (Å²) in [7, 11) is 0. The van der Waals surface area contributed by atoms with E-state index in [1.807, 2.05) is 0 Å². The fourth-order valence-corrected chi connectivity index (χ4v) is 2.95. The molecule has 1 radical (unpaired) electrons. The molecule has 2 heteroatoms. The second-order valence-electron chi connectivity index (χ2n) is 1.97. The first kappa shape index (κ1) is 6.13. The second-order valence-corrected chi connectivity index (χ2v) is 3.80. The third kappa shape index (κ3) is 0.728. The van der Waals surface area contributed by atoms with Crippen molar-refractivity contribution >= 4 is 38.1 Å². The van der Waals surface area contributed by atoms with E-state index in [-0.39, 0.29) is 0 Å². The molecule has 49 valence electrons. The van der Waals surface area contributed by atoms with E-state index in [9.17, 15) is 0 Å². The molecule has 0 N–H and O–H groups in total. The summed E-state index contributed by atoms with van der Waals surface area (Å²) in [6.45, 7) is 5.41. The molecule has 0 aliphatic heterocycles. The van der Waals surface area contributed by atoms with Crippen LogP contribution in [-0.4, -0.2) is 0 Å². The Morgan fingerprint density at radius 1 is 1.40 bits per heavy atom. The smallest absolute Gasteiger partial charge is 0.0522 e. The first-order chi connectivity index (χ1) is 4.92. The van der Waals surface area contributed by atoms with Crippen molar-refractivity contribution in [2.24, 2.45) is 0 Å². The lowest BCUT2D eigenvalue weighted by Crippen LogP contribution is -1.55. The van der Waals surface area contributed by atoms with Gasteiger partial charge in [-0.2, -0.15) is 0 Å². The molecule has 2 heterocycles. The van der Waals surface area contributed by atoms with Crippen LogP contribution in [0.15, 0.2) is 16.8 Å². The summed E-state index contributed by atoms with van der Waals surface area (Å²) >= 11 is 3.49. The Morgan fingerprint density at radius 3 is 3.10 bits per heavy atom. The van der Waals surface area contributed by atoms with E-state index in [1.165, 1.54) is 9.40 Å². The van der Waals surface area contributed by atoms with Crippen LogP contribution in [0.2, 0.25) is 0 Å². The molecule has 0 atom stereocenters. The highest BCUT2D eigenvalue weighted by atomic mass is 32.1. The van der Waals surface area contributed by atoms with Gasteiger partial charge >= 0.3 is 0 Å². The van der Waals surface area contributed by atoms with Crippen molar-refractivity contribution in [2.75, 3.05) is 0 Å². The molecule has 0 bridgehead atoms. The van der Waals surface area contributed by atoms with Gasteiger partial charge in [0, 0.05) is 15.6 Å². The SMILES string of the molecule is [CH]=Cc1csc2ccsc12. The Balaban J connectivity index is 2.88. The standard InChI is InChI=1S/C8H5S2/c1-2-6-5-10-7-3-4-9-8(6)7/h1-5H. The minimum Gasteiger partial charge on any atom is -0.142 e. The summed E-state index contributed by atoms with van der Waals surface area (Å²) < 4.78 is 2.65. The lowest BCUT2D eigenvalue weighted by atomic mass is 10.3. The first-order valence-electron chi connectivity index (χ1n) is 2.91. The van der Waals surface area contributed by atoms with Crippen LogP contribution in [-0.2, 0) is 0 Å². The number of hydrogen-bond donors (Lipinski definition) is 0. The molecular formula is C8H5S2. The van der Waals surface area contributed by atoms with Gasteiger partial charge < -0.3 is 0 Å². The fraction of sp³-hybridized carbons (Fsp3) is 0. The molecule has 0 aromatic carbocycles. The van der Waals surface area contributed by atoms with Crippen molar-refractivity contribution in [2.45, 2.75) is 0 Å². The van der Waals surface area contributed by atoms with E-state index in [2.05, 4.69) is 16.8 Å². The summed E-state index contributed by atoms with van der Waals surface area (Å²) in [4.78, 5) is 0. The quantitative estimate of drug-likeness (QED) is 0.607. The zero-order valence-corrected chi connectivity index (χ0v) is 6.84. The Morgan fingerprint density at radius 2 is 2.30 bits per heavy atom. The zero-order chi connectivity index (χ0) is 6.97. The first-order valence-corrected chi connectivity index (χ1v) is 4.67. The molecule has 0 nitrogen and oxygen atoms in total. The van der Waals surface area contributed by atoms with Crippen LogP contribution >= 0.6 is 22.7 Å². The minimum absolute atomic E-state index is 1.16. The van der Waals surface area contributed by atoms with Gasteiger partial charge in [0.1, 0.15) is 0 Å². The molecule has 0 saturated heterocycles. The van der Waals surface area contributed by atoms with Crippen LogP contribution in [0.5, 0.6) is 0 Å². The van der Waals surface area contributed by atoms with Crippen molar-refractivity contribution in [1.82, 2.24) is 0 Å². The Kier molecular flexibility index (Phi) is 1.36. The van der Waals surface area contributed by atoms with E-state index in [0.29, 0.717) is 0 Å². The lowest BCUT2D eigenvalue weighted by molar-refractivity contribution is 2.05. The van der Waals surface area contributed by atoms with Crippen molar-refractivity contribution in [3.63, 3.8) is 0 Å². The number of rotatable bonds is 1. The third-order valence-electron chi connectivity index (χ3n) is 1.38. The maximum absolute atomic E-state index is 5.41. The van der Waals surface area contributed by atoms with Gasteiger partial charge in [-0.05, 0) is 11.4 Å². The summed E-state index contributed by atoms with van der Waals surface area (Å²) in [6, 6.07) is 2.12. The van der Waals surface area contributed by atoms with Crippen molar-refractivity contribution in [3.05, 3.63) is 29.0 Å². The molecule has 0 saturated carbocycles. The number of thiophene rings is 2. The van der Waals surface area contributed by atoms with E-state index < -0.39 is 0 Å². The largest absolute Gasteiger partial charge is 0.142 e. The average molecular weight is 165 g/mol. The van der Waals surface area contributed by atoms with Gasteiger partial charge in [0.05, 0.1) is 4.70 Å². The molecule has 0 fully saturated rings. The molecule has 0 amide bonds. The minimum atomic E-state index is 1.16. The predicted molar refractivity (Wildman–Crippen MR) is 48.5 cm³/mol. The van der Waals surface area contributed by atoms with Gasteiger partial charge in [-0.15, -0.1) is 22.7 Å². The van der Waals surface area contributed by atoms with Crippen LogP contribution < -0.4 is 0 Å². The summed E-state index contributed by atoms with van der Waals surface area (Å²) in [5.41, 5.74) is 1.16. The van der Waals surface area contributed by atoms with E-state index >= 15 is 0 Å². The van der Waals surface area contributed by atoms with Crippen LogP contribution in [0.4, 0.5) is 0 Å². The van der Waals surface area contributed by atoms with Gasteiger partial charge in [0.2, 0.25) is 0 Å². The van der Waals surface area contributed by atoms with Crippen molar-refractivity contribution in [3.8, 4) is 0 Å². The van der Waals surface area contributed by atoms with E-state index in [0.717, 1.165) is 5.56 Å². The molecule has 2 aromatic heterocycles. The Bertz CT molecular complexity index is 354. The van der Waals surface area contributed by atoms with Gasteiger partial charge in [-0.25, -0.2) is 0 Å². The zero-order valence-electron chi connectivity index (χ0n) is 5.20. The second kappa shape index (κ2) is 2.22. The highest BCUT2D eigenvalue weighted by Gasteiger charge is 1.99. The number of fused-ring (bicyclic) bond motifs is 1. The van der Waals surface area contributed by atoms with Crippen LogP contribution in [0.3, 0.4) is 0 Å².